The molecule has 0 unspecified atom stereocenters. The van der Waals surface area contributed by atoms with Crippen molar-refractivity contribution < 1.29 is 56.8 Å². The van der Waals surface area contributed by atoms with Gasteiger partial charge in [0.05, 0.1) is 77.3 Å². The van der Waals surface area contributed by atoms with Gasteiger partial charge >= 0.3 is 0 Å². The van der Waals surface area contributed by atoms with Gasteiger partial charge in [-0.2, -0.15) is 0 Å². The number of ether oxygens (including phenoxy) is 12. The molecule has 8 fully saturated rings. The SMILES string of the molecule is CCCO[C@@H]1CO[C@H]2[C@@H]1OC[C@H]2C(C)C.CCCO[C@H]1CO[C@@H]2[C@@H]1OC[C@H]2C(C)C.CCCO[C@H]1CO[C@@H]2[C@@H]1OC[C@H]2C(C)C.CCCO[C@H]1CO[C@H]2[C@@H]1OC[C@H]2C(C)C. The van der Waals surface area contributed by atoms with E-state index >= 15 is 0 Å². The summed E-state index contributed by atoms with van der Waals surface area (Å²) in [5.74, 6) is 4.70. The predicted octanol–water partition coefficient (Wildman–Crippen LogP) is 7.41. The summed E-state index contributed by atoms with van der Waals surface area (Å²) in [6, 6.07) is 0. The maximum absolute atomic E-state index is 5.81. The fraction of sp³-hybridized carbons (Fsp3) is 1.00. The largest absolute Gasteiger partial charge is 0.373 e. The molecule has 0 saturated carbocycles. The maximum atomic E-state index is 5.81. The van der Waals surface area contributed by atoms with Crippen LogP contribution >= 0.6 is 0 Å². The fourth-order valence-corrected chi connectivity index (χ4v) is 9.91. The summed E-state index contributed by atoms with van der Waals surface area (Å²) in [7, 11) is 0. The minimum Gasteiger partial charge on any atom is -0.373 e. The van der Waals surface area contributed by atoms with E-state index in [1.807, 2.05) is 0 Å². The van der Waals surface area contributed by atoms with Crippen LogP contribution in [0, 0.1) is 47.3 Å². The summed E-state index contributed by atoms with van der Waals surface area (Å²) in [6.45, 7) is 35.8. The molecule has 0 spiro atoms. The molecule has 0 N–H and O–H groups in total. The molecule has 352 valence electrons. The highest BCUT2D eigenvalue weighted by Crippen LogP contribution is 2.39. The summed E-state index contributed by atoms with van der Waals surface area (Å²) in [4.78, 5) is 0. The van der Waals surface area contributed by atoms with Gasteiger partial charge < -0.3 is 56.8 Å². The van der Waals surface area contributed by atoms with Crippen molar-refractivity contribution in [3.8, 4) is 0 Å². The van der Waals surface area contributed by atoms with Crippen molar-refractivity contribution >= 4 is 0 Å². The van der Waals surface area contributed by atoms with Crippen molar-refractivity contribution in [3.63, 3.8) is 0 Å². The lowest BCUT2D eigenvalue weighted by molar-refractivity contribution is -0.0330. The first kappa shape index (κ1) is 50.5. The quantitative estimate of drug-likeness (QED) is 0.154. The third kappa shape index (κ3) is 12.9. The van der Waals surface area contributed by atoms with E-state index in [0.29, 0.717) is 73.8 Å². The molecule has 8 saturated heterocycles. The lowest BCUT2D eigenvalue weighted by Crippen LogP contribution is -2.32. The lowest BCUT2D eigenvalue weighted by atomic mass is 9.90. The van der Waals surface area contributed by atoms with Crippen LogP contribution < -0.4 is 0 Å². The predicted molar refractivity (Wildman–Crippen MR) is 231 cm³/mol. The normalized spacial score (nSPS) is 40.0. The molecule has 8 heterocycles. The molecule has 0 aliphatic carbocycles. The van der Waals surface area contributed by atoms with E-state index < -0.39 is 0 Å². The minimum absolute atomic E-state index is 0.165. The summed E-state index contributed by atoms with van der Waals surface area (Å²) in [5, 5.41) is 0. The Bertz CT molecular complexity index is 996. The summed E-state index contributed by atoms with van der Waals surface area (Å²) < 4.78 is 69.5. The second-order valence-corrected chi connectivity index (χ2v) is 19.7. The van der Waals surface area contributed by atoms with E-state index in [1.54, 1.807) is 0 Å². The van der Waals surface area contributed by atoms with Gasteiger partial charge in [0.15, 0.2) is 0 Å². The number of rotatable bonds is 16. The maximum Gasteiger partial charge on any atom is 0.112 e. The molecular weight excluding hydrogens is 769 g/mol. The van der Waals surface area contributed by atoms with Gasteiger partial charge in [0.2, 0.25) is 0 Å². The van der Waals surface area contributed by atoms with Crippen LogP contribution in [0.25, 0.3) is 0 Å². The van der Waals surface area contributed by atoms with E-state index in [2.05, 4.69) is 83.1 Å². The highest BCUT2D eigenvalue weighted by atomic mass is 16.6. The van der Waals surface area contributed by atoms with Gasteiger partial charge in [0, 0.05) is 50.1 Å². The van der Waals surface area contributed by atoms with Crippen molar-refractivity contribution in [2.24, 2.45) is 47.3 Å². The molecule has 0 amide bonds. The van der Waals surface area contributed by atoms with Crippen LogP contribution in [0.15, 0.2) is 0 Å². The lowest BCUT2D eigenvalue weighted by Gasteiger charge is -2.19. The number of hydrogen-bond donors (Lipinski definition) is 0. The Morgan fingerprint density at radius 3 is 0.650 bits per heavy atom. The number of hydrogen-bond acceptors (Lipinski definition) is 12. The second kappa shape index (κ2) is 25.3. The second-order valence-electron chi connectivity index (χ2n) is 19.7. The highest BCUT2D eigenvalue weighted by molar-refractivity contribution is 4.98. The van der Waals surface area contributed by atoms with Crippen molar-refractivity contribution in [2.75, 3.05) is 79.3 Å². The van der Waals surface area contributed by atoms with E-state index in [4.69, 9.17) is 56.8 Å². The average Bonchev–Trinajstić information content (AvgIpc) is 4.06. The molecule has 0 bridgehead atoms. The first-order valence-corrected chi connectivity index (χ1v) is 24.3. The van der Waals surface area contributed by atoms with Crippen LogP contribution in [0.5, 0.6) is 0 Å². The zero-order valence-electron chi connectivity index (χ0n) is 39.8. The van der Waals surface area contributed by atoms with Crippen LogP contribution in [0.3, 0.4) is 0 Å². The molecular formula is C48H88O12. The molecule has 8 rings (SSSR count). The Morgan fingerprint density at radius 1 is 0.300 bits per heavy atom. The summed E-state index contributed by atoms with van der Waals surface area (Å²) in [5.41, 5.74) is 0. The molecule has 12 nitrogen and oxygen atoms in total. The van der Waals surface area contributed by atoms with Crippen molar-refractivity contribution in [1.82, 2.24) is 0 Å². The van der Waals surface area contributed by atoms with Crippen LogP contribution in [-0.2, 0) is 56.8 Å². The average molecular weight is 857 g/mol. The van der Waals surface area contributed by atoms with Crippen LogP contribution in [0.4, 0.5) is 0 Å². The molecule has 8 aliphatic heterocycles. The molecule has 0 aromatic carbocycles. The van der Waals surface area contributed by atoms with Gasteiger partial charge in [0.1, 0.15) is 48.8 Å². The Balaban J connectivity index is 0.000000152. The number of fused-ring (bicyclic) bond motifs is 4. The molecule has 16 atom stereocenters. The van der Waals surface area contributed by atoms with Crippen molar-refractivity contribution in [2.45, 2.75) is 182 Å². The zero-order chi connectivity index (χ0) is 43.3. The highest BCUT2D eigenvalue weighted by Gasteiger charge is 2.52. The fourth-order valence-electron chi connectivity index (χ4n) is 9.91. The van der Waals surface area contributed by atoms with Crippen LogP contribution in [0.2, 0.25) is 0 Å². The van der Waals surface area contributed by atoms with E-state index in [1.165, 1.54) is 0 Å². The first-order chi connectivity index (χ1) is 28.9. The van der Waals surface area contributed by atoms with E-state index in [0.717, 1.165) is 78.5 Å². The molecule has 0 aromatic heterocycles. The summed E-state index contributed by atoms with van der Waals surface area (Å²) >= 11 is 0. The molecule has 0 aromatic rings. The smallest absolute Gasteiger partial charge is 0.112 e. The van der Waals surface area contributed by atoms with Gasteiger partial charge in [-0.25, -0.2) is 0 Å². The Morgan fingerprint density at radius 2 is 0.483 bits per heavy atom. The van der Waals surface area contributed by atoms with Crippen LogP contribution in [0.1, 0.15) is 109 Å². The molecule has 8 aliphatic rings. The molecule has 12 heteroatoms. The van der Waals surface area contributed by atoms with Crippen molar-refractivity contribution in [3.05, 3.63) is 0 Å². The first-order valence-electron chi connectivity index (χ1n) is 24.3. The van der Waals surface area contributed by atoms with Crippen molar-refractivity contribution in [1.29, 1.82) is 0 Å². The Hall–Kier alpha value is -0.480. The van der Waals surface area contributed by atoms with E-state index in [9.17, 15) is 0 Å². The standard InChI is InChI=1S/4C12H22O3/c4*1-4-5-13-10-7-15-11-9(8(2)3)6-14-12(10)11/h4*8-12H,4-7H2,1-3H3/t9-,10+,11+,12+;9-,10-,11+,12+;2*9-,10-,11-,12+/m0000/s1. The van der Waals surface area contributed by atoms with E-state index in [-0.39, 0.29) is 73.2 Å². The van der Waals surface area contributed by atoms with Gasteiger partial charge in [-0.3, -0.25) is 0 Å². The van der Waals surface area contributed by atoms with Gasteiger partial charge in [-0.05, 0) is 49.4 Å². The molecule has 0 radical (unpaired) electrons. The van der Waals surface area contributed by atoms with Crippen LogP contribution in [-0.4, -0.2) is 153 Å². The Labute approximate surface area is 364 Å². The third-order valence-corrected chi connectivity index (χ3v) is 13.8. The van der Waals surface area contributed by atoms with Gasteiger partial charge in [0.25, 0.3) is 0 Å². The Kier molecular flexibility index (Phi) is 21.3. The third-order valence-electron chi connectivity index (χ3n) is 13.8. The minimum atomic E-state index is 0.165. The molecule has 60 heavy (non-hydrogen) atoms. The monoisotopic (exact) mass is 857 g/mol. The zero-order valence-corrected chi connectivity index (χ0v) is 39.8. The topological polar surface area (TPSA) is 111 Å². The van der Waals surface area contributed by atoms with Gasteiger partial charge in [-0.15, -0.1) is 0 Å². The summed E-state index contributed by atoms with van der Waals surface area (Å²) in [6.07, 6.45) is 6.71. The van der Waals surface area contributed by atoms with Gasteiger partial charge in [-0.1, -0.05) is 83.1 Å².